The van der Waals surface area contributed by atoms with Crippen molar-refractivity contribution in [3.8, 4) is 0 Å². The molecule has 102 valence electrons. The van der Waals surface area contributed by atoms with Gasteiger partial charge in [-0.2, -0.15) is 9.71 Å². The molecule has 0 unspecified atom stereocenters. The van der Waals surface area contributed by atoms with Crippen molar-refractivity contribution < 1.29 is 5.21 Å². The Labute approximate surface area is 108 Å². The van der Waals surface area contributed by atoms with E-state index < -0.39 is 0 Å². The van der Waals surface area contributed by atoms with Crippen LogP contribution in [0.4, 0.5) is 11.5 Å². The Morgan fingerprint density at radius 1 is 1.39 bits per heavy atom. The zero-order chi connectivity index (χ0) is 13.5. The van der Waals surface area contributed by atoms with Crippen molar-refractivity contribution in [2.45, 2.75) is 33.6 Å². The molecule has 0 amide bonds. The maximum absolute atomic E-state index is 9.52. The highest BCUT2D eigenvalue weighted by Gasteiger charge is 2.11. The lowest BCUT2D eigenvalue weighted by molar-refractivity contribution is 0.165. The second kappa shape index (κ2) is 6.88. The molecule has 0 saturated carbocycles. The first-order valence-electron chi connectivity index (χ1n) is 6.50. The maximum Gasteiger partial charge on any atom is 0.257 e. The number of anilines is 2. The topological polar surface area (TPSA) is 77.2 Å². The molecule has 0 saturated heterocycles. The number of aromatic nitrogens is 2. The van der Waals surface area contributed by atoms with Crippen LogP contribution in [-0.2, 0) is 0 Å². The predicted octanol–water partition coefficient (Wildman–Crippen LogP) is 1.66. The Morgan fingerprint density at radius 2 is 2.06 bits per heavy atom. The second-order valence-electron chi connectivity index (χ2n) is 4.10. The fourth-order valence-electron chi connectivity index (χ4n) is 1.74. The summed E-state index contributed by atoms with van der Waals surface area (Å²) < 4.78 is 0.737. The first-order chi connectivity index (χ1) is 8.63. The highest BCUT2D eigenvalue weighted by molar-refractivity contribution is 5.64. The van der Waals surface area contributed by atoms with Gasteiger partial charge in [-0.1, -0.05) is 13.3 Å². The second-order valence-corrected chi connectivity index (χ2v) is 4.10. The summed E-state index contributed by atoms with van der Waals surface area (Å²) >= 11 is 0. The van der Waals surface area contributed by atoms with Crippen LogP contribution in [0.1, 0.15) is 33.6 Å². The molecule has 0 bridgehead atoms. The quantitative estimate of drug-likeness (QED) is 0.510. The van der Waals surface area contributed by atoms with Crippen molar-refractivity contribution >= 4 is 11.5 Å². The summed E-state index contributed by atoms with van der Waals surface area (Å²) in [5, 5.41) is 20.3. The highest BCUT2D eigenvalue weighted by Crippen LogP contribution is 2.20. The number of nitrogens with zero attached hydrogens (tertiary/aromatic N) is 3. The van der Waals surface area contributed by atoms with Crippen molar-refractivity contribution in [3.05, 3.63) is 11.8 Å². The molecule has 0 aliphatic rings. The van der Waals surface area contributed by atoms with E-state index in [-0.39, 0.29) is 5.62 Å². The van der Waals surface area contributed by atoms with E-state index in [4.69, 9.17) is 5.41 Å². The SMILES string of the molecule is CCCCNc1cn(O)c(=N)nc1N(CC)CC. The van der Waals surface area contributed by atoms with Gasteiger partial charge in [0, 0.05) is 19.6 Å². The fourth-order valence-corrected chi connectivity index (χ4v) is 1.74. The monoisotopic (exact) mass is 253 g/mol. The van der Waals surface area contributed by atoms with Gasteiger partial charge in [0.25, 0.3) is 5.62 Å². The van der Waals surface area contributed by atoms with Gasteiger partial charge < -0.3 is 15.4 Å². The molecule has 0 fully saturated rings. The predicted molar refractivity (Wildman–Crippen MR) is 72.2 cm³/mol. The average molecular weight is 253 g/mol. The summed E-state index contributed by atoms with van der Waals surface area (Å²) in [6, 6.07) is 0. The Bertz CT molecular complexity index is 425. The van der Waals surface area contributed by atoms with E-state index in [9.17, 15) is 5.21 Å². The zero-order valence-corrected chi connectivity index (χ0v) is 11.4. The van der Waals surface area contributed by atoms with E-state index in [2.05, 4.69) is 22.1 Å². The third-order valence-corrected chi connectivity index (χ3v) is 2.83. The molecule has 3 N–H and O–H groups in total. The Morgan fingerprint density at radius 3 is 2.61 bits per heavy atom. The van der Waals surface area contributed by atoms with Crippen LogP contribution in [-0.4, -0.2) is 34.6 Å². The number of rotatable bonds is 7. The molecular weight excluding hydrogens is 230 g/mol. The summed E-state index contributed by atoms with van der Waals surface area (Å²) in [7, 11) is 0. The smallest absolute Gasteiger partial charge is 0.257 e. The molecule has 1 rings (SSSR count). The van der Waals surface area contributed by atoms with Gasteiger partial charge in [0.2, 0.25) is 0 Å². The van der Waals surface area contributed by atoms with Gasteiger partial charge in [0.15, 0.2) is 5.82 Å². The van der Waals surface area contributed by atoms with Crippen molar-refractivity contribution in [2.24, 2.45) is 0 Å². The van der Waals surface area contributed by atoms with Gasteiger partial charge >= 0.3 is 0 Å². The standard InChI is InChI=1S/C12H23N5O/c1-4-7-8-14-10-9-17(18)12(13)15-11(10)16(5-2)6-3/h9,13-14,18H,4-8H2,1-3H3. The van der Waals surface area contributed by atoms with E-state index in [0.717, 1.165) is 48.7 Å². The highest BCUT2D eigenvalue weighted by atomic mass is 16.5. The van der Waals surface area contributed by atoms with Gasteiger partial charge in [-0.3, -0.25) is 5.41 Å². The van der Waals surface area contributed by atoms with Crippen LogP contribution in [0, 0.1) is 5.41 Å². The molecule has 0 aliphatic carbocycles. The minimum absolute atomic E-state index is 0.155. The van der Waals surface area contributed by atoms with E-state index in [1.54, 1.807) is 0 Å². The van der Waals surface area contributed by atoms with Crippen LogP contribution < -0.4 is 15.8 Å². The molecule has 0 aliphatic heterocycles. The number of hydrogen-bond acceptors (Lipinski definition) is 5. The molecule has 0 radical (unpaired) electrons. The molecule has 0 atom stereocenters. The largest absolute Gasteiger partial charge is 0.425 e. The third kappa shape index (κ3) is 3.38. The Kier molecular flexibility index (Phi) is 5.48. The summed E-state index contributed by atoms with van der Waals surface area (Å²) in [5.74, 6) is 0.728. The number of unbranched alkanes of at least 4 members (excludes halogenated alkanes) is 1. The van der Waals surface area contributed by atoms with Crippen LogP contribution in [0.5, 0.6) is 0 Å². The molecule has 6 nitrogen and oxygen atoms in total. The lowest BCUT2D eigenvalue weighted by atomic mass is 10.3. The number of hydrogen-bond donors (Lipinski definition) is 3. The van der Waals surface area contributed by atoms with Gasteiger partial charge in [-0.25, -0.2) is 0 Å². The van der Waals surface area contributed by atoms with Gasteiger partial charge in [-0.05, 0) is 20.3 Å². The third-order valence-electron chi connectivity index (χ3n) is 2.83. The fraction of sp³-hybridized carbons (Fsp3) is 0.667. The van der Waals surface area contributed by atoms with Crippen LogP contribution in [0.15, 0.2) is 6.20 Å². The van der Waals surface area contributed by atoms with E-state index in [0.29, 0.717) is 0 Å². The van der Waals surface area contributed by atoms with Crippen LogP contribution >= 0.6 is 0 Å². The van der Waals surface area contributed by atoms with Crippen LogP contribution in [0.3, 0.4) is 0 Å². The molecular formula is C12H23N5O. The first-order valence-corrected chi connectivity index (χ1v) is 6.50. The summed E-state index contributed by atoms with van der Waals surface area (Å²) in [6.45, 7) is 8.70. The van der Waals surface area contributed by atoms with Crippen molar-refractivity contribution in [1.82, 2.24) is 9.71 Å². The van der Waals surface area contributed by atoms with Crippen LogP contribution in [0.25, 0.3) is 0 Å². The molecule has 0 spiro atoms. The molecule has 6 heteroatoms. The summed E-state index contributed by atoms with van der Waals surface area (Å²) in [6.07, 6.45) is 3.68. The normalized spacial score (nSPS) is 10.4. The summed E-state index contributed by atoms with van der Waals surface area (Å²) in [5.41, 5.74) is 0.614. The van der Waals surface area contributed by atoms with E-state index in [1.807, 2.05) is 13.8 Å². The molecule has 1 aromatic heterocycles. The van der Waals surface area contributed by atoms with Crippen LogP contribution in [0.2, 0.25) is 0 Å². The Hall–Kier alpha value is -1.72. The molecule has 0 aromatic carbocycles. The minimum atomic E-state index is -0.155. The summed E-state index contributed by atoms with van der Waals surface area (Å²) in [4.78, 5) is 6.20. The lowest BCUT2D eigenvalue weighted by Crippen LogP contribution is -2.30. The van der Waals surface area contributed by atoms with Crippen molar-refractivity contribution in [3.63, 3.8) is 0 Å². The first kappa shape index (κ1) is 14.3. The van der Waals surface area contributed by atoms with Gasteiger partial charge in [0.05, 0.1) is 11.9 Å². The zero-order valence-electron chi connectivity index (χ0n) is 11.4. The lowest BCUT2D eigenvalue weighted by Gasteiger charge is -2.23. The average Bonchev–Trinajstić information content (AvgIpc) is 2.36. The van der Waals surface area contributed by atoms with Gasteiger partial charge in [-0.15, -0.1) is 0 Å². The number of nitrogens with one attached hydrogen (secondary N) is 2. The van der Waals surface area contributed by atoms with E-state index >= 15 is 0 Å². The van der Waals surface area contributed by atoms with E-state index in [1.165, 1.54) is 6.20 Å². The maximum atomic E-state index is 9.52. The minimum Gasteiger partial charge on any atom is -0.425 e. The molecule has 1 heterocycles. The molecule has 18 heavy (non-hydrogen) atoms. The Balaban J connectivity index is 3.04. The van der Waals surface area contributed by atoms with Crippen molar-refractivity contribution in [1.29, 1.82) is 5.41 Å². The van der Waals surface area contributed by atoms with Gasteiger partial charge in [0.1, 0.15) is 0 Å². The molecule has 1 aromatic rings. The van der Waals surface area contributed by atoms with Crippen molar-refractivity contribution in [2.75, 3.05) is 29.9 Å².